The Morgan fingerprint density at radius 1 is 0.973 bits per heavy atom. The van der Waals surface area contributed by atoms with Gasteiger partial charge in [0, 0.05) is 6.42 Å². The average molecular weight is 508 g/mol. The van der Waals surface area contributed by atoms with Crippen LogP contribution in [0.25, 0.3) is 11.1 Å². The number of methoxy groups -OCH3 is 1. The van der Waals surface area contributed by atoms with Gasteiger partial charge in [-0.3, -0.25) is 9.69 Å². The van der Waals surface area contributed by atoms with E-state index < -0.39 is 29.7 Å². The zero-order chi connectivity index (χ0) is 27.0. The number of carbonyl (C=O) groups is 3. The van der Waals surface area contributed by atoms with Gasteiger partial charge < -0.3 is 14.2 Å². The predicted octanol–water partition coefficient (Wildman–Crippen LogP) is 6.21. The Labute approximate surface area is 219 Å². The number of esters is 2. The highest BCUT2D eigenvalue weighted by molar-refractivity contribution is 5.85. The molecule has 0 fully saturated rings. The van der Waals surface area contributed by atoms with E-state index in [1.807, 2.05) is 69.3 Å². The summed E-state index contributed by atoms with van der Waals surface area (Å²) < 4.78 is 16.0. The van der Waals surface area contributed by atoms with E-state index in [2.05, 4.69) is 6.58 Å². The molecule has 0 bridgehead atoms. The maximum absolute atomic E-state index is 13.3. The Hall–Kier alpha value is -3.61. The van der Waals surface area contributed by atoms with E-state index in [0.717, 1.165) is 22.3 Å². The largest absolute Gasteiger partial charge is 0.460 e. The molecule has 3 rings (SSSR count). The van der Waals surface area contributed by atoms with Gasteiger partial charge in [-0.25, -0.2) is 9.59 Å². The summed E-state index contributed by atoms with van der Waals surface area (Å²) in [5.41, 5.74) is 3.38. The fourth-order valence-electron chi connectivity index (χ4n) is 4.73. The molecule has 0 saturated heterocycles. The van der Waals surface area contributed by atoms with Gasteiger partial charge >= 0.3 is 18.0 Å². The van der Waals surface area contributed by atoms with Gasteiger partial charge in [-0.15, -0.1) is 0 Å². The zero-order valence-corrected chi connectivity index (χ0v) is 22.2. The van der Waals surface area contributed by atoms with Gasteiger partial charge in [-0.1, -0.05) is 74.0 Å². The van der Waals surface area contributed by atoms with Crippen LogP contribution in [0.5, 0.6) is 0 Å². The molecule has 7 nitrogen and oxygen atoms in total. The summed E-state index contributed by atoms with van der Waals surface area (Å²) >= 11 is 0. The molecule has 1 aliphatic carbocycles. The molecule has 2 aromatic rings. The molecule has 0 heterocycles. The van der Waals surface area contributed by atoms with Gasteiger partial charge in [0.25, 0.3) is 0 Å². The lowest BCUT2D eigenvalue weighted by atomic mass is 9.99. The van der Waals surface area contributed by atoms with Crippen molar-refractivity contribution >= 4 is 18.0 Å². The first kappa shape index (κ1) is 28.0. The maximum Gasteiger partial charge on any atom is 0.411 e. The molecule has 1 amide bonds. The molecule has 7 heteroatoms. The molecule has 1 unspecified atom stereocenters. The first-order chi connectivity index (χ1) is 17.7. The molecular weight excluding hydrogens is 470 g/mol. The highest BCUT2D eigenvalue weighted by Gasteiger charge is 2.42. The summed E-state index contributed by atoms with van der Waals surface area (Å²) in [6.45, 7) is 9.18. The number of amides is 1. The second kappa shape index (κ2) is 12.6. The molecule has 1 aliphatic rings. The van der Waals surface area contributed by atoms with Gasteiger partial charge in [0.2, 0.25) is 0 Å². The fraction of sp³-hybridized carbons (Fsp3) is 0.433. The minimum absolute atomic E-state index is 0.0425. The zero-order valence-electron chi connectivity index (χ0n) is 22.2. The Morgan fingerprint density at radius 2 is 1.57 bits per heavy atom. The van der Waals surface area contributed by atoms with Crippen LogP contribution < -0.4 is 0 Å². The molecule has 198 valence electrons. The first-order valence-corrected chi connectivity index (χ1v) is 12.7. The average Bonchev–Trinajstić information content (AvgIpc) is 3.19. The number of carbonyl (C=O) groups excluding carboxylic acids is 3. The highest BCUT2D eigenvalue weighted by Crippen LogP contribution is 2.47. The number of ether oxygens (including phenoxy) is 3. The van der Waals surface area contributed by atoms with Crippen LogP contribution in [0.3, 0.4) is 0 Å². The Morgan fingerprint density at radius 3 is 2.11 bits per heavy atom. The number of hydrogen-bond acceptors (Lipinski definition) is 6. The van der Waals surface area contributed by atoms with Gasteiger partial charge in [0.1, 0.15) is 18.2 Å². The van der Waals surface area contributed by atoms with E-state index in [1.165, 1.54) is 18.1 Å². The highest BCUT2D eigenvalue weighted by atomic mass is 16.6. The number of hydrogen-bond donors (Lipinski definition) is 0. The molecule has 0 radical (unpaired) electrons. The third kappa shape index (κ3) is 7.00. The van der Waals surface area contributed by atoms with Crippen molar-refractivity contribution in [3.63, 3.8) is 0 Å². The van der Waals surface area contributed by atoms with E-state index in [1.54, 1.807) is 0 Å². The molecule has 1 atom stereocenters. The van der Waals surface area contributed by atoms with Crippen LogP contribution >= 0.6 is 0 Å². The molecule has 37 heavy (non-hydrogen) atoms. The second-order valence-electron chi connectivity index (χ2n) is 10.1. The minimum Gasteiger partial charge on any atom is -0.460 e. The molecular formula is C30H37NO6. The molecule has 2 aromatic carbocycles. The van der Waals surface area contributed by atoms with Crippen molar-refractivity contribution in [2.75, 3.05) is 13.7 Å². The van der Waals surface area contributed by atoms with E-state index in [4.69, 9.17) is 14.2 Å². The monoisotopic (exact) mass is 507 g/mol. The SMILES string of the molecule is C=CCOC(=O)C(CCCCCC(=O)OC(C)(C)C)N(C(=O)OC)C1c2ccccc2-c2ccccc21. The summed E-state index contributed by atoms with van der Waals surface area (Å²) in [6.07, 6.45) is 3.48. The van der Waals surface area contributed by atoms with Crippen LogP contribution in [0.4, 0.5) is 4.79 Å². The lowest BCUT2D eigenvalue weighted by molar-refractivity contribution is -0.155. The Kier molecular flexibility index (Phi) is 9.50. The van der Waals surface area contributed by atoms with E-state index >= 15 is 0 Å². The molecule has 0 spiro atoms. The van der Waals surface area contributed by atoms with Crippen molar-refractivity contribution in [2.45, 2.75) is 70.6 Å². The minimum atomic E-state index is -0.877. The van der Waals surface area contributed by atoms with Crippen LogP contribution in [-0.2, 0) is 23.8 Å². The quantitative estimate of drug-likeness (QED) is 0.156. The Balaban J connectivity index is 1.85. The topological polar surface area (TPSA) is 82.1 Å². The number of fused-ring (bicyclic) bond motifs is 3. The second-order valence-corrected chi connectivity index (χ2v) is 10.1. The number of unbranched alkanes of at least 4 members (excludes halogenated alkanes) is 2. The van der Waals surface area contributed by atoms with Crippen LogP contribution in [0.1, 0.15) is 70.0 Å². The standard InChI is InChI=1S/C30H37NO6/c1-6-20-36-28(33)25(18-8-7-9-19-26(32)37-30(2,3)4)31(29(34)35-5)27-23-16-12-10-14-21(23)22-15-11-13-17-24(22)27/h6,10-17,25,27H,1,7-9,18-20H2,2-5H3. The maximum atomic E-state index is 13.3. The number of rotatable bonds is 11. The van der Waals surface area contributed by atoms with Crippen molar-refractivity contribution in [1.29, 1.82) is 0 Å². The molecule has 0 aromatic heterocycles. The lowest BCUT2D eigenvalue weighted by Gasteiger charge is -2.35. The number of benzene rings is 2. The number of nitrogens with zero attached hydrogens (tertiary/aromatic N) is 1. The van der Waals surface area contributed by atoms with Crippen LogP contribution in [0.15, 0.2) is 61.2 Å². The summed E-state index contributed by atoms with van der Waals surface area (Å²) in [4.78, 5) is 40.1. The summed E-state index contributed by atoms with van der Waals surface area (Å²) in [5.74, 6) is -0.760. The van der Waals surface area contributed by atoms with Gasteiger partial charge in [0.15, 0.2) is 0 Å². The van der Waals surface area contributed by atoms with Crippen molar-refractivity contribution < 1.29 is 28.6 Å². The van der Waals surface area contributed by atoms with Gasteiger partial charge in [-0.2, -0.15) is 0 Å². The third-order valence-electron chi connectivity index (χ3n) is 6.19. The summed E-state index contributed by atoms with van der Waals surface area (Å²) in [6, 6.07) is 14.4. The predicted molar refractivity (Wildman–Crippen MR) is 142 cm³/mol. The molecule has 0 N–H and O–H groups in total. The van der Waals surface area contributed by atoms with Crippen molar-refractivity contribution in [2.24, 2.45) is 0 Å². The van der Waals surface area contributed by atoms with Crippen molar-refractivity contribution in [1.82, 2.24) is 4.90 Å². The smallest absolute Gasteiger partial charge is 0.411 e. The normalized spacial score (nSPS) is 13.2. The van der Waals surface area contributed by atoms with Crippen LogP contribution in [0.2, 0.25) is 0 Å². The van der Waals surface area contributed by atoms with Crippen molar-refractivity contribution in [3.05, 3.63) is 72.3 Å². The summed E-state index contributed by atoms with van der Waals surface area (Å²) in [5, 5.41) is 0. The van der Waals surface area contributed by atoms with E-state index in [9.17, 15) is 14.4 Å². The Bertz CT molecular complexity index is 1070. The third-order valence-corrected chi connectivity index (χ3v) is 6.19. The fourth-order valence-corrected chi connectivity index (χ4v) is 4.73. The molecule has 0 aliphatic heterocycles. The molecule has 0 saturated carbocycles. The van der Waals surface area contributed by atoms with E-state index in [-0.39, 0.29) is 12.6 Å². The van der Waals surface area contributed by atoms with E-state index in [0.29, 0.717) is 32.1 Å². The van der Waals surface area contributed by atoms with Gasteiger partial charge in [0.05, 0.1) is 13.2 Å². The van der Waals surface area contributed by atoms with Gasteiger partial charge in [-0.05, 0) is 55.9 Å². The first-order valence-electron chi connectivity index (χ1n) is 12.7. The van der Waals surface area contributed by atoms with Crippen molar-refractivity contribution in [3.8, 4) is 11.1 Å². The van der Waals surface area contributed by atoms with Crippen LogP contribution in [0, 0.1) is 0 Å². The lowest BCUT2D eigenvalue weighted by Crippen LogP contribution is -2.47. The van der Waals surface area contributed by atoms with Crippen LogP contribution in [-0.4, -0.2) is 48.3 Å². The summed E-state index contributed by atoms with van der Waals surface area (Å²) in [7, 11) is 1.31.